The third-order valence-electron chi connectivity index (χ3n) is 1.98. The standard InChI is InChI=1S/C6H13N4/c1-2-9-6(8-1)10-4-3-7-5-10/h6-8H,1-5H2. The maximum Gasteiger partial charge on any atom is 0.131 e. The van der Waals surface area contributed by atoms with Crippen molar-refractivity contribution in [2.75, 3.05) is 32.8 Å². The van der Waals surface area contributed by atoms with Crippen LogP contribution in [0.1, 0.15) is 0 Å². The molecule has 0 aromatic heterocycles. The SMILES string of the molecule is C1CNC(N2CCNC2)[N]1. The van der Waals surface area contributed by atoms with Gasteiger partial charge in [-0.05, 0) is 0 Å². The highest BCUT2D eigenvalue weighted by Crippen LogP contribution is 1.99. The van der Waals surface area contributed by atoms with Crippen LogP contribution in [-0.4, -0.2) is 44.0 Å². The van der Waals surface area contributed by atoms with E-state index in [1.807, 2.05) is 0 Å². The summed E-state index contributed by atoms with van der Waals surface area (Å²) in [5, 5.41) is 11.0. The predicted molar refractivity (Wildman–Crippen MR) is 38.4 cm³/mol. The second kappa shape index (κ2) is 2.84. The zero-order valence-corrected chi connectivity index (χ0v) is 6.01. The summed E-state index contributed by atoms with van der Waals surface area (Å²) >= 11 is 0. The van der Waals surface area contributed by atoms with Crippen molar-refractivity contribution in [1.82, 2.24) is 20.9 Å². The second-order valence-electron chi connectivity index (χ2n) is 2.70. The Morgan fingerprint density at radius 1 is 1.40 bits per heavy atom. The van der Waals surface area contributed by atoms with Crippen LogP contribution >= 0.6 is 0 Å². The lowest BCUT2D eigenvalue weighted by Gasteiger charge is -2.20. The number of nitrogens with one attached hydrogen (secondary N) is 2. The quantitative estimate of drug-likeness (QED) is 0.459. The topological polar surface area (TPSA) is 41.4 Å². The van der Waals surface area contributed by atoms with Gasteiger partial charge in [0.15, 0.2) is 0 Å². The average Bonchev–Trinajstić information content (AvgIpc) is 2.59. The van der Waals surface area contributed by atoms with Gasteiger partial charge in [-0.3, -0.25) is 10.2 Å². The molecule has 0 bridgehead atoms. The first kappa shape index (κ1) is 6.54. The van der Waals surface area contributed by atoms with Crippen molar-refractivity contribution in [3.63, 3.8) is 0 Å². The van der Waals surface area contributed by atoms with Crippen LogP contribution in [0.15, 0.2) is 0 Å². The van der Waals surface area contributed by atoms with Gasteiger partial charge in [-0.2, -0.15) is 0 Å². The fourth-order valence-electron chi connectivity index (χ4n) is 1.42. The molecule has 0 spiro atoms. The van der Waals surface area contributed by atoms with Crippen molar-refractivity contribution >= 4 is 0 Å². The largest absolute Gasteiger partial charge is 0.303 e. The summed E-state index contributed by atoms with van der Waals surface area (Å²) in [7, 11) is 0. The van der Waals surface area contributed by atoms with Gasteiger partial charge in [0, 0.05) is 26.2 Å². The smallest absolute Gasteiger partial charge is 0.131 e. The first-order valence-corrected chi connectivity index (χ1v) is 3.81. The van der Waals surface area contributed by atoms with E-state index in [1.165, 1.54) is 0 Å². The molecule has 1 radical (unpaired) electrons. The van der Waals surface area contributed by atoms with Crippen LogP contribution in [0.25, 0.3) is 0 Å². The monoisotopic (exact) mass is 141 g/mol. The van der Waals surface area contributed by atoms with Crippen LogP contribution in [0.2, 0.25) is 0 Å². The van der Waals surface area contributed by atoms with Crippen molar-refractivity contribution in [1.29, 1.82) is 0 Å². The van der Waals surface area contributed by atoms with Gasteiger partial charge in [0.2, 0.25) is 0 Å². The van der Waals surface area contributed by atoms with Crippen LogP contribution in [-0.2, 0) is 0 Å². The highest BCUT2D eigenvalue weighted by atomic mass is 15.5. The Labute approximate surface area is 61.0 Å². The van der Waals surface area contributed by atoms with Crippen molar-refractivity contribution in [3.8, 4) is 0 Å². The van der Waals surface area contributed by atoms with E-state index in [9.17, 15) is 0 Å². The van der Waals surface area contributed by atoms with E-state index in [2.05, 4.69) is 20.9 Å². The fraction of sp³-hybridized carbons (Fsp3) is 1.00. The molecule has 0 aromatic rings. The molecule has 2 rings (SSSR count). The average molecular weight is 141 g/mol. The van der Waals surface area contributed by atoms with Crippen molar-refractivity contribution in [2.24, 2.45) is 0 Å². The Balaban J connectivity index is 1.85. The molecule has 2 heterocycles. The molecule has 4 heteroatoms. The number of nitrogens with zero attached hydrogens (tertiary/aromatic N) is 2. The summed E-state index contributed by atoms with van der Waals surface area (Å²) in [4.78, 5) is 2.31. The third kappa shape index (κ3) is 1.15. The minimum atomic E-state index is 0.301. The Morgan fingerprint density at radius 2 is 2.40 bits per heavy atom. The van der Waals surface area contributed by atoms with Gasteiger partial charge in [-0.1, -0.05) is 0 Å². The zero-order chi connectivity index (χ0) is 6.81. The molecule has 1 unspecified atom stereocenters. The predicted octanol–water partition coefficient (Wildman–Crippen LogP) is -1.66. The number of rotatable bonds is 1. The van der Waals surface area contributed by atoms with E-state index < -0.39 is 0 Å². The molecular weight excluding hydrogens is 128 g/mol. The Kier molecular flexibility index (Phi) is 1.86. The van der Waals surface area contributed by atoms with Gasteiger partial charge in [0.05, 0.1) is 6.67 Å². The molecule has 2 aliphatic rings. The summed E-state index contributed by atoms with van der Waals surface area (Å²) < 4.78 is 0. The zero-order valence-electron chi connectivity index (χ0n) is 6.01. The Hall–Kier alpha value is -0.160. The molecule has 57 valence electrons. The molecule has 1 atom stereocenters. The van der Waals surface area contributed by atoms with Gasteiger partial charge in [-0.15, -0.1) is 0 Å². The maximum atomic E-state index is 4.39. The lowest BCUT2D eigenvalue weighted by molar-refractivity contribution is 0.199. The van der Waals surface area contributed by atoms with Gasteiger partial charge in [0.25, 0.3) is 0 Å². The number of hydrogen-bond donors (Lipinski definition) is 2. The van der Waals surface area contributed by atoms with E-state index in [0.29, 0.717) is 6.29 Å². The van der Waals surface area contributed by atoms with E-state index in [0.717, 1.165) is 32.8 Å². The lowest BCUT2D eigenvalue weighted by atomic mass is 10.6. The van der Waals surface area contributed by atoms with Crippen LogP contribution < -0.4 is 16.0 Å². The van der Waals surface area contributed by atoms with Gasteiger partial charge >= 0.3 is 0 Å². The van der Waals surface area contributed by atoms with Crippen LogP contribution in [0.5, 0.6) is 0 Å². The molecule has 2 saturated heterocycles. The summed E-state index contributed by atoms with van der Waals surface area (Å²) in [6.45, 7) is 5.23. The van der Waals surface area contributed by atoms with Crippen LogP contribution in [0, 0.1) is 0 Å². The Morgan fingerprint density at radius 3 is 3.00 bits per heavy atom. The lowest BCUT2D eigenvalue weighted by Crippen LogP contribution is -2.44. The molecule has 4 nitrogen and oxygen atoms in total. The van der Waals surface area contributed by atoms with Crippen molar-refractivity contribution < 1.29 is 0 Å². The van der Waals surface area contributed by atoms with Crippen molar-refractivity contribution in [2.45, 2.75) is 6.29 Å². The van der Waals surface area contributed by atoms with Crippen molar-refractivity contribution in [3.05, 3.63) is 0 Å². The molecule has 0 aliphatic carbocycles. The number of hydrogen-bond acceptors (Lipinski definition) is 3. The molecule has 2 fully saturated rings. The highest BCUT2D eigenvalue weighted by molar-refractivity contribution is 4.76. The molecule has 0 aromatic carbocycles. The first-order chi connectivity index (χ1) is 4.97. The van der Waals surface area contributed by atoms with E-state index in [-0.39, 0.29) is 0 Å². The minimum Gasteiger partial charge on any atom is -0.303 e. The van der Waals surface area contributed by atoms with E-state index >= 15 is 0 Å². The highest BCUT2D eigenvalue weighted by Gasteiger charge is 2.24. The molecule has 0 saturated carbocycles. The molecule has 10 heavy (non-hydrogen) atoms. The van der Waals surface area contributed by atoms with Gasteiger partial charge in [0.1, 0.15) is 6.29 Å². The molecule has 2 aliphatic heterocycles. The third-order valence-corrected chi connectivity index (χ3v) is 1.98. The van der Waals surface area contributed by atoms with E-state index in [4.69, 9.17) is 0 Å². The molecule has 0 amide bonds. The van der Waals surface area contributed by atoms with Crippen LogP contribution in [0.3, 0.4) is 0 Å². The maximum absolute atomic E-state index is 4.39. The second-order valence-corrected chi connectivity index (χ2v) is 2.70. The Bertz CT molecular complexity index is 90.3. The summed E-state index contributed by atoms with van der Waals surface area (Å²) in [5.41, 5.74) is 0. The van der Waals surface area contributed by atoms with Gasteiger partial charge in [-0.25, -0.2) is 5.32 Å². The normalized spacial score (nSPS) is 30.0. The van der Waals surface area contributed by atoms with E-state index in [1.54, 1.807) is 0 Å². The summed E-state index contributed by atoms with van der Waals surface area (Å²) in [6.07, 6.45) is 0.301. The summed E-state index contributed by atoms with van der Waals surface area (Å²) in [5.74, 6) is 0. The first-order valence-electron chi connectivity index (χ1n) is 3.81. The fourth-order valence-corrected chi connectivity index (χ4v) is 1.42. The minimum absolute atomic E-state index is 0.301. The van der Waals surface area contributed by atoms with Gasteiger partial charge < -0.3 is 5.32 Å². The molecule has 2 N–H and O–H groups in total. The molecular formula is C6H13N4. The summed E-state index contributed by atoms with van der Waals surface area (Å²) in [6, 6.07) is 0. The van der Waals surface area contributed by atoms with Crippen LogP contribution in [0.4, 0.5) is 0 Å².